The van der Waals surface area contributed by atoms with Gasteiger partial charge in [-0.1, -0.05) is 0 Å². The number of hydrogen-bond acceptors (Lipinski definition) is 14. The second kappa shape index (κ2) is 10.7. The van der Waals surface area contributed by atoms with E-state index in [1.54, 1.807) is 13.0 Å². The Hall–Kier alpha value is -3.05. The van der Waals surface area contributed by atoms with Crippen LogP contribution in [0.15, 0.2) is 33.5 Å². The van der Waals surface area contributed by atoms with Crippen molar-refractivity contribution in [3.05, 3.63) is 40.2 Å². The first-order valence-electron chi connectivity index (χ1n) is 12.4. The molecule has 0 aliphatic carbocycles. The van der Waals surface area contributed by atoms with Crippen LogP contribution >= 0.6 is 0 Å². The van der Waals surface area contributed by atoms with Crippen molar-refractivity contribution in [3.63, 3.8) is 0 Å². The Morgan fingerprint density at radius 1 is 1.02 bits per heavy atom. The Kier molecular flexibility index (Phi) is 7.64. The van der Waals surface area contributed by atoms with Gasteiger partial charge in [0.05, 0.1) is 32.3 Å². The third kappa shape index (κ3) is 4.87. The lowest BCUT2D eigenvalue weighted by Crippen LogP contribution is -2.60. The van der Waals surface area contributed by atoms with Crippen molar-refractivity contribution in [1.29, 1.82) is 0 Å². The molecule has 0 bridgehead atoms. The predicted molar refractivity (Wildman–Crippen MR) is 134 cm³/mol. The molecule has 7 N–H and O–H groups in total. The molecule has 218 valence electrons. The topological polar surface area (TPSA) is 218 Å². The van der Waals surface area contributed by atoms with Crippen LogP contribution in [0.5, 0.6) is 17.2 Å². The normalized spacial score (nSPS) is 32.5. The minimum absolute atomic E-state index is 0.0689. The number of methoxy groups -OCH3 is 1. The van der Waals surface area contributed by atoms with Gasteiger partial charge in [0.25, 0.3) is 0 Å². The quantitative estimate of drug-likeness (QED) is 0.164. The number of benzene rings is 2. The second-order valence-electron chi connectivity index (χ2n) is 9.90. The number of aryl methyl sites for hydroxylation is 1. The Balaban J connectivity index is 1.45. The van der Waals surface area contributed by atoms with E-state index in [2.05, 4.69) is 0 Å². The van der Waals surface area contributed by atoms with Crippen LogP contribution in [0.25, 0.3) is 21.7 Å². The lowest BCUT2D eigenvalue weighted by Gasteiger charge is -2.40. The van der Waals surface area contributed by atoms with Gasteiger partial charge < -0.3 is 63.8 Å². The molecule has 3 aromatic rings. The van der Waals surface area contributed by atoms with Gasteiger partial charge in [0.15, 0.2) is 11.7 Å². The third-order valence-corrected chi connectivity index (χ3v) is 7.12. The fourth-order valence-corrected chi connectivity index (χ4v) is 4.82. The van der Waals surface area contributed by atoms with Crippen LogP contribution in [0, 0.1) is 6.92 Å². The summed E-state index contributed by atoms with van der Waals surface area (Å²) in [4.78, 5) is 12.6. The molecular weight excluding hydrogens is 536 g/mol. The first-order chi connectivity index (χ1) is 19.0. The zero-order valence-electron chi connectivity index (χ0n) is 21.5. The van der Waals surface area contributed by atoms with Gasteiger partial charge in [0.1, 0.15) is 70.1 Å². The number of hydrogen-bond donors (Lipinski definition) is 7. The van der Waals surface area contributed by atoms with Crippen molar-refractivity contribution in [2.75, 3.05) is 26.9 Å². The zero-order chi connectivity index (χ0) is 28.9. The van der Waals surface area contributed by atoms with Gasteiger partial charge in [-0.3, -0.25) is 4.79 Å². The SMILES string of the molecule is COc1cc(O[C@H]2O[C@@H](CO[C@@H]3OC[C@@](O)(CO)[C@@H]3O)[C@H](O)[C@H](O)[C@@H]2O)c2c(O)c3c(=O)cc(C)oc3cc2c1. The minimum Gasteiger partial charge on any atom is -0.506 e. The van der Waals surface area contributed by atoms with E-state index in [1.807, 2.05) is 0 Å². The van der Waals surface area contributed by atoms with Gasteiger partial charge >= 0.3 is 0 Å². The first-order valence-corrected chi connectivity index (χ1v) is 12.4. The molecule has 14 nitrogen and oxygen atoms in total. The molecule has 0 amide bonds. The smallest absolute Gasteiger partial charge is 0.229 e. The highest BCUT2D eigenvalue weighted by Crippen LogP contribution is 2.42. The number of rotatable bonds is 7. The number of aliphatic hydroxyl groups excluding tert-OH is 5. The predicted octanol–water partition coefficient (Wildman–Crippen LogP) is -1.39. The van der Waals surface area contributed by atoms with E-state index in [4.69, 9.17) is 28.1 Å². The van der Waals surface area contributed by atoms with E-state index in [1.165, 1.54) is 25.3 Å². The van der Waals surface area contributed by atoms with Gasteiger partial charge in [-0.25, -0.2) is 0 Å². The van der Waals surface area contributed by atoms with Gasteiger partial charge in [-0.05, 0) is 24.4 Å². The second-order valence-corrected chi connectivity index (χ2v) is 9.90. The highest BCUT2D eigenvalue weighted by molar-refractivity contribution is 6.06. The molecule has 5 rings (SSSR count). The average molecular weight is 567 g/mol. The summed E-state index contributed by atoms with van der Waals surface area (Å²) in [5.74, 6) is 0.0921. The van der Waals surface area contributed by atoms with Crippen molar-refractivity contribution in [3.8, 4) is 17.2 Å². The molecule has 3 heterocycles. The Morgan fingerprint density at radius 2 is 1.77 bits per heavy atom. The first kappa shape index (κ1) is 28.5. The molecule has 2 aliphatic rings. The van der Waals surface area contributed by atoms with E-state index in [0.29, 0.717) is 11.1 Å². The molecule has 0 saturated carbocycles. The largest absolute Gasteiger partial charge is 0.506 e. The van der Waals surface area contributed by atoms with Crippen molar-refractivity contribution in [2.24, 2.45) is 0 Å². The maximum Gasteiger partial charge on any atom is 0.229 e. The molecule has 8 atom stereocenters. The molecular formula is C26H30O14. The van der Waals surface area contributed by atoms with Crippen molar-refractivity contribution in [2.45, 2.75) is 55.6 Å². The summed E-state index contributed by atoms with van der Waals surface area (Å²) in [6.45, 7) is -0.0789. The van der Waals surface area contributed by atoms with E-state index in [0.717, 1.165) is 0 Å². The summed E-state index contributed by atoms with van der Waals surface area (Å²) in [7, 11) is 1.40. The number of phenols is 1. The number of phenolic OH excluding ortho intramolecular Hbond substituents is 1. The molecule has 0 radical (unpaired) electrons. The summed E-state index contributed by atoms with van der Waals surface area (Å²) in [5, 5.41) is 72.7. The molecule has 0 spiro atoms. The van der Waals surface area contributed by atoms with E-state index in [9.17, 15) is 40.5 Å². The van der Waals surface area contributed by atoms with Crippen molar-refractivity contribution < 1.29 is 63.8 Å². The lowest BCUT2D eigenvalue weighted by molar-refractivity contribution is -0.289. The number of fused-ring (bicyclic) bond motifs is 2. The molecule has 2 aliphatic heterocycles. The van der Waals surface area contributed by atoms with Gasteiger partial charge in [0, 0.05) is 12.1 Å². The van der Waals surface area contributed by atoms with Crippen LogP contribution < -0.4 is 14.9 Å². The van der Waals surface area contributed by atoms with E-state index >= 15 is 0 Å². The van der Waals surface area contributed by atoms with Crippen molar-refractivity contribution >= 4 is 21.7 Å². The molecule has 2 fully saturated rings. The maximum atomic E-state index is 12.6. The van der Waals surface area contributed by atoms with Crippen LogP contribution in [0.4, 0.5) is 0 Å². The van der Waals surface area contributed by atoms with E-state index < -0.39 is 79.7 Å². The lowest BCUT2D eigenvalue weighted by atomic mass is 9.99. The standard InChI is InChI=1S/C26H30O14/c1-10-3-13(28)18-14(38-10)5-11-4-12(35-2)6-15(17(11)20(18)30)39-24-22(32)21(31)19(29)16(40-24)7-36-25-23(33)26(34,8-27)9-37-25/h3-6,16,19,21-25,27,29-34H,7-9H2,1-2H3/t16-,19-,21-,22-,23+,24-,25+,26-/m0/s1. The zero-order valence-corrected chi connectivity index (χ0v) is 21.5. The average Bonchev–Trinajstić information content (AvgIpc) is 3.21. The maximum absolute atomic E-state index is 12.6. The Labute approximate surface area is 226 Å². The summed E-state index contributed by atoms with van der Waals surface area (Å²) >= 11 is 0. The highest BCUT2D eigenvalue weighted by atomic mass is 16.7. The summed E-state index contributed by atoms with van der Waals surface area (Å²) in [6.07, 6.45) is -11.1. The van der Waals surface area contributed by atoms with Gasteiger partial charge in [-0.15, -0.1) is 0 Å². The van der Waals surface area contributed by atoms with Crippen LogP contribution in [-0.2, 0) is 14.2 Å². The number of aromatic hydroxyl groups is 1. The van der Waals surface area contributed by atoms with E-state index in [-0.39, 0.29) is 27.9 Å². The molecule has 14 heteroatoms. The monoisotopic (exact) mass is 566 g/mol. The van der Waals surface area contributed by atoms with Crippen molar-refractivity contribution in [1.82, 2.24) is 0 Å². The minimum atomic E-state index is -1.94. The summed E-state index contributed by atoms with van der Waals surface area (Å²) < 4.78 is 33.1. The Morgan fingerprint density at radius 3 is 2.45 bits per heavy atom. The number of aliphatic hydroxyl groups is 6. The van der Waals surface area contributed by atoms with Gasteiger partial charge in [-0.2, -0.15) is 0 Å². The molecule has 2 saturated heterocycles. The van der Waals surface area contributed by atoms with Crippen LogP contribution in [0.2, 0.25) is 0 Å². The number of ether oxygens (including phenoxy) is 5. The fourth-order valence-electron chi connectivity index (χ4n) is 4.82. The van der Waals surface area contributed by atoms with Gasteiger partial charge in [0.2, 0.25) is 6.29 Å². The molecule has 1 aromatic heterocycles. The fraction of sp³-hybridized carbons (Fsp3) is 0.500. The third-order valence-electron chi connectivity index (χ3n) is 7.12. The molecule has 40 heavy (non-hydrogen) atoms. The highest BCUT2D eigenvalue weighted by Gasteiger charge is 2.50. The summed E-state index contributed by atoms with van der Waals surface area (Å²) in [6, 6.07) is 5.68. The van der Waals surface area contributed by atoms with Crippen LogP contribution in [-0.4, -0.2) is 111 Å². The van der Waals surface area contributed by atoms with Crippen LogP contribution in [0.1, 0.15) is 5.76 Å². The summed E-state index contributed by atoms with van der Waals surface area (Å²) in [5.41, 5.74) is -2.30. The van der Waals surface area contributed by atoms with Crippen LogP contribution in [0.3, 0.4) is 0 Å². The molecule has 0 unspecified atom stereocenters. The molecule has 2 aromatic carbocycles. The Bertz CT molecular complexity index is 1460.